The number of carbonyl (C=O) groups excluding carboxylic acids is 1. The van der Waals surface area contributed by atoms with Crippen molar-refractivity contribution < 1.29 is 4.79 Å². The average Bonchev–Trinajstić information content (AvgIpc) is 2.26. The molecule has 2 N–H and O–H groups in total. The number of hydrogen-bond donors (Lipinski definition) is 1. The maximum absolute atomic E-state index is 11.7. The highest BCUT2D eigenvalue weighted by Crippen LogP contribution is 2.32. The molecule has 0 radical (unpaired) electrons. The van der Waals surface area contributed by atoms with Crippen LogP contribution in [0.1, 0.15) is 40.5 Å². The molecule has 1 aliphatic heterocycles. The molecule has 1 rings (SSSR count). The molecule has 3 nitrogen and oxygen atoms in total. The van der Waals surface area contributed by atoms with Crippen LogP contribution in [0, 0.1) is 5.41 Å². The van der Waals surface area contributed by atoms with Crippen LogP contribution in [0.2, 0.25) is 0 Å². The van der Waals surface area contributed by atoms with Crippen molar-refractivity contribution in [1.82, 2.24) is 4.90 Å². The van der Waals surface area contributed by atoms with Crippen molar-refractivity contribution in [2.45, 2.75) is 52.6 Å². The standard InChI is InChI=1S/C11H22N2O/c1-5-6-13-9(14)7-8(12)10(13)11(2,3)4/h8,10H,5-7,12H2,1-4H3. The average molecular weight is 198 g/mol. The zero-order valence-corrected chi connectivity index (χ0v) is 9.71. The fraction of sp³-hybridized carbons (Fsp3) is 0.909. The zero-order valence-electron chi connectivity index (χ0n) is 9.71. The van der Waals surface area contributed by atoms with E-state index in [1.54, 1.807) is 0 Å². The smallest absolute Gasteiger partial charge is 0.224 e. The second-order valence-corrected chi connectivity index (χ2v) is 5.27. The number of rotatable bonds is 2. The first-order valence-corrected chi connectivity index (χ1v) is 5.43. The lowest BCUT2D eigenvalue weighted by Crippen LogP contribution is -2.49. The van der Waals surface area contributed by atoms with Crippen LogP contribution in [0.5, 0.6) is 0 Å². The molecule has 1 heterocycles. The van der Waals surface area contributed by atoms with Gasteiger partial charge in [-0.15, -0.1) is 0 Å². The van der Waals surface area contributed by atoms with Crippen LogP contribution in [0.3, 0.4) is 0 Å². The van der Waals surface area contributed by atoms with Crippen LogP contribution in [0.25, 0.3) is 0 Å². The zero-order chi connectivity index (χ0) is 10.9. The largest absolute Gasteiger partial charge is 0.338 e. The molecule has 1 saturated heterocycles. The van der Waals surface area contributed by atoms with Gasteiger partial charge in [0, 0.05) is 19.0 Å². The lowest BCUT2D eigenvalue weighted by atomic mass is 9.83. The van der Waals surface area contributed by atoms with Crippen LogP contribution >= 0.6 is 0 Å². The molecule has 1 amide bonds. The van der Waals surface area contributed by atoms with Crippen molar-refractivity contribution in [3.05, 3.63) is 0 Å². The van der Waals surface area contributed by atoms with Crippen LogP contribution in [-0.4, -0.2) is 29.4 Å². The molecule has 3 heteroatoms. The molecule has 1 aliphatic rings. The van der Waals surface area contributed by atoms with E-state index in [0.717, 1.165) is 13.0 Å². The summed E-state index contributed by atoms with van der Waals surface area (Å²) in [6.07, 6.45) is 1.52. The molecular formula is C11H22N2O. The third-order valence-electron chi connectivity index (χ3n) is 2.82. The summed E-state index contributed by atoms with van der Waals surface area (Å²) in [7, 11) is 0. The van der Waals surface area contributed by atoms with Gasteiger partial charge in [-0.3, -0.25) is 4.79 Å². The number of nitrogens with two attached hydrogens (primary N) is 1. The van der Waals surface area contributed by atoms with Gasteiger partial charge in [0.25, 0.3) is 0 Å². The number of nitrogens with zero attached hydrogens (tertiary/aromatic N) is 1. The summed E-state index contributed by atoms with van der Waals surface area (Å²) in [5, 5.41) is 0. The van der Waals surface area contributed by atoms with E-state index in [4.69, 9.17) is 5.73 Å². The summed E-state index contributed by atoms with van der Waals surface area (Å²) in [4.78, 5) is 13.6. The summed E-state index contributed by atoms with van der Waals surface area (Å²) in [6, 6.07) is 0.212. The second kappa shape index (κ2) is 3.89. The SMILES string of the molecule is CCCN1C(=O)CC(N)C1C(C)(C)C. The van der Waals surface area contributed by atoms with Crippen molar-refractivity contribution in [2.24, 2.45) is 11.1 Å². The first kappa shape index (κ1) is 11.5. The van der Waals surface area contributed by atoms with Crippen molar-refractivity contribution in [1.29, 1.82) is 0 Å². The van der Waals surface area contributed by atoms with E-state index >= 15 is 0 Å². The predicted molar refractivity (Wildman–Crippen MR) is 57.8 cm³/mol. The Hall–Kier alpha value is -0.570. The molecule has 0 aromatic heterocycles. The molecular weight excluding hydrogens is 176 g/mol. The maximum Gasteiger partial charge on any atom is 0.224 e. The molecule has 82 valence electrons. The monoisotopic (exact) mass is 198 g/mol. The number of amides is 1. The predicted octanol–water partition coefficient (Wildman–Crippen LogP) is 1.37. The Morgan fingerprint density at radius 1 is 1.50 bits per heavy atom. The highest BCUT2D eigenvalue weighted by molar-refractivity contribution is 5.80. The van der Waals surface area contributed by atoms with E-state index in [2.05, 4.69) is 27.7 Å². The Morgan fingerprint density at radius 2 is 2.07 bits per heavy atom. The minimum Gasteiger partial charge on any atom is -0.338 e. The Kier molecular flexibility index (Phi) is 3.20. The second-order valence-electron chi connectivity index (χ2n) is 5.27. The normalized spacial score (nSPS) is 28.6. The molecule has 0 aromatic carbocycles. The number of likely N-dealkylation sites (tertiary alicyclic amines) is 1. The van der Waals surface area contributed by atoms with Crippen LogP contribution in [0.15, 0.2) is 0 Å². The van der Waals surface area contributed by atoms with E-state index in [1.807, 2.05) is 4.90 Å². The van der Waals surface area contributed by atoms with Gasteiger partial charge in [-0.25, -0.2) is 0 Å². The number of hydrogen-bond acceptors (Lipinski definition) is 2. The van der Waals surface area contributed by atoms with Gasteiger partial charge in [-0.2, -0.15) is 0 Å². The Bertz CT molecular complexity index is 220. The van der Waals surface area contributed by atoms with Gasteiger partial charge in [0.1, 0.15) is 0 Å². The Balaban J connectivity index is 2.83. The summed E-state index contributed by atoms with van der Waals surface area (Å²) < 4.78 is 0. The third-order valence-corrected chi connectivity index (χ3v) is 2.82. The van der Waals surface area contributed by atoms with E-state index in [1.165, 1.54) is 0 Å². The molecule has 2 unspecified atom stereocenters. The molecule has 0 bridgehead atoms. The minimum absolute atomic E-state index is 0.00838. The van der Waals surface area contributed by atoms with Gasteiger partial charge in [0.2, 0.25) is 5.91 Å². The highest BCUT2D eigenvalue weighted by Gasteiger charge is 2.43. The van der Waals surface area contributed by atoms with Gasteiger partial charge in [-0.05, 0) is 11.8 Å². The van der Waals surface area contributed by atoms with Gasteiger partial charge >= 0.3 is 0 Å². The van der Waals surface area contributed by atoms with Gasteiger partial charge < -0.3 is 10.6 Å². The Morgan fingerprint density at radius 3 is 2.50 bits per heavy atom. The maximum atomic E-state index is 11.7. The molecule has 2 atom stereocenters. The Labute approximate surface area is 86.6 Å². The molecule has 14 heavy (non-hydrogen) atoms. The van der Waals surface area contributed by atoms with Crippen molar-refractivity contribution in [3.8, 4) is 0 Å². The van der Waals surface area contributed by atoms with Crippen LogP contribution in [-0.2, 0) is 4.79 Å². The minimum atomic E-state index is 0.00838. The third kappa shape index (κ3) is 2.08. The first-order valence-electron chi connectivity index (χ1n) is 5.43. The molecule has 0 aliphatic carbocycles. The lowest BCUT2D eigenvalue weighted by molar-refractivity contribution is -0.130. The van der Waals surface area contributed by atoms with E-state index in [0.29, 0.717) is 6.42 Å². The van der Waals surface area contributed by atoms with Crippen molar-refractivity contribution in [3.63, 3.8) is 0 Å². The highest BCUT2D eigenvalue weighted by atomic mass is 16.2. The van der Waals surface area contributed by atoms with Gasteiger partial charge in [0.15, 0.2) is 0 Å². The van der Waals surface area contributed by atoms with Crippen LogP contribution in [0.4, 0.5) is 0 Å². The quantitative estimate of drug-likeness (QED) is 0.728. The molecule has 0 aromatic rings. The molecule has 1 fully saturated rings. The molecule has 0 saturated carbocycles. The van der Waals surface area contributed by atoms with Gasteiger partial charge in [-0.1, -0.05) is 27.7 Å². The summed E-state index contributed by atoms with van der Waals surface area (Å²) in [5.74, 6) is 0.222. The fourth-order valence-corrected chi connectivity index (χ4v) is 2.43. The van der Waals surface area contributed by atoms with E-state index < -0.39 is 0 Å². The topological polar surface area (TPSA) is 46.3 Å². The summed E-state index contributed by atoms with van der Waals surface area (Å²) >= 11 is 0. The molecule has 0 spiro atoms. The van der Waals surface area contributed by atoms with Crippen LogP contribution < -0.4 is 5.73 Å². The van der Waals surface area contributed by atoms with Crippen molar-refractivity contribution in [2.75, 3.05) is 6.54 Å². The first-order chi connectivity index (χ1) is 6.38. The van der Waals surface area contributed by atoms with E-state index in [-0.39, 0.29) is 23.4 Å². The lowest BCUT2D eigenvalue weighted by Gasteiger charge is -2.37. The summed E-state index contributed by atoms with van der Waals surface area (Å²) in [5.41, 5.74) is 6.10. The fourth-order valence-electron chi connectivity index (χ4n) is 2.43. The summed E-state index contributed by atoms with van der Waals surface area (Å²) in [6.45, 7) is 9.39. The van der Waals surface area contributed by atoms with Gasteiger partial charge in [0.05, 0.1) is 6.04 Å². The van der Waals surface area contributed by atoms with Crippen molar-refractivity contribution >= 4 is 5.91 Å². The van der Waals surface area contributed by atoms with E-state index in [9.17, 15) is 4.79 Å². The number of carbonyl (C=O) groups is 1.